The molecule has 0 spiro atoms. The van der Waals surface area contributed by atoms with E-state index in [2.05, 4.69) is 11.4 Å². The number of carbonyl (C=O) groups excluding carboxylic acids is 2. The number of aryl methyl sites for hydroxylation is 2. The first-order valence-electron chi connectivity index (χ1n) is 13.4. The molecule has 0 atom stereocenters. The molecule has 0 aliphatic heterocycles. The summed E-state index contributed by atoms with van der Waals surface area (Å²) in [4.78, 5) is 27.1. The molecule has 1 aromatic heterocycles. The van der Waals surface area contributed by atoms with Gasteiger partial charge in [-0.2, -0.15) is 9.78 Å². The molecule has 0 fully saturated rings. The number of benzene rings is 4. The van der Waals surface area contributed by atoms with Crippen LogP contribution >= 0.6 is 0 Å². The summed E-state index contributed by atoms with van der Waals surface area (Å²) in [6.45, 7) is 5.37. The number of amides is 1. The highest BCUT2D eigenvalue weighted by Crippen LogP contribution is 2.42. The van der Waals surface area contributed by atoms with E-state index in [0.29, 0.717) is 16.9 Å². The summed E-state index contributed by atoms with van der Waals surface area (Å²) in [5, 5.41) is 7.79. The molecule has 0 saturated heterocycles. The van der Waals surface area contributed by atoms with Crippen LogP contribution < -0.4 is 15.0 Å². The number of anilines is 2. The molecule has 212 valence electrons. The number of halogens is 1. The zero-order valence-electron chi connectivity index (χ0n) is 24.1. The van der Waals surface area contributed by atoms with Gasteiger partial charge in [-0.15, -0.1) is 0 Å². The third kappa shape index (κ3) is 5.93. The second kappa shape index (κ2) is 11.7. The third-order valence-electron chi connectivity index (χ3n) is 6.84. The van der Waals surface area contributed by atoms with Crippen molar-refractivity contribution >= 4 is 23.3 Å². The highest BCUT2D eigenvalue weighted by atomic mass is 19.1. The van der Waals surface area contributed by atoms with Crippen molar-refractivity contribution in [2.24, 2.45) is 0 Å². The zero-order chi connectivity index (χ0) is 30.0. The van der Waals surface area contributed by atoms with Gasteiger partial charge in [-0.1, -0.05) is 48.0 Å². The van der Waals surface area contributed by atoms with E-state index in [4.69, 9.17) is 9.84 Å². The summed E-state index contributed by atoms with van der Waals surface area (Å²) < 4.78 is 21.1. The minimum atomic E-state index is -0.483. The van der Waals surface area contributed by atoms with Gasteiger partial charge in [-0.25, -0.2) is 4.39 Å². The van der Waals surface area contributed by atoms with E-state index in [0.717, 1.165) is 33.6 Å². The maximum atomic E-state index is 13.6. The lowest BCUT2D eigenvalue weighted by atomic mass is 10.0. The Balaban J connectivity index is 1.63. The van der Waals surface area contributed by atoms with Crippen LogP contribution in [0.15, 0.2) is 91.0 Å². The number of esters is 1. The van der Waals surface area contributed by atoms with Gasteiger partial charge >= 0.3 is 5.97 Å². The van der Waals surface area contributed by atoms with Crippen molar-refractivity contribution in [2.45, 2.75) is 20.8 Å². The number of carbonyl (C=O) groups is 2. The molecule has 5 rings (SSSR count). The van der Waals surface area contributed by atoms with Crippen molar-refractivity contribution in [3.63, 3.8) is 0 Å². The summed E-state index contributed by atoms with van der Waals surface area (Å²) in [5.74, 6) is -1.09. The first-order valence-corrected chi connectivity index (χ1v) is 13.4. The monoisotopic (exact) mass is 562 g/mol. The Hall–Kier alpha value is -5.24. The van der Waals surface area contributed by atoms with Crippen molar-refractivity contribution in [2.75, 3.05) is 24.3 Å². The van der Waals surface area contributed by atoms with Crippen molar-refractivity contribution < 1.29 is 18.7 Å². The summed E-state index contributed by atoms with van der Waals surface area (Å²) in [7, 11) is 3.95. The number of rotatable bonds is 7. The summed E-state index contributed by atoms with van der Waals surface area (Å²) in [5.41, 5.74) is 7.49. The Labute approximate surface area is 244 Å². The smallest absolute Gasteiger partial charge is 0.309 e. The van der Waals surface area contributed by atoms with Gasteiger partial charge in [0.1, 0.15) is 11.5 Å². The van der Waals surface area contributed by atoms with Crippen LogP contribution in [0, 0.1) is 19.7 Å². The van der Waals surface area contributed by atoms with E-state index in [1.807, 2.05) is 81.4 Å². The molecule has 0 aliphatic carbocycles. The molecule has 0 bridgehead atoms. The molecule has 5 aromatic rings. The molecular weight excluding hydrogens is 531 g/mol. The molecule has 42 heavy (non-hydrogen) atoms. The van der Waals surface area contributed by atoms with Gasteiger partial charge in [-0.3, -0.25) is 9.59 Å². The summed E-state index contributed by atoms with van der Waals surface area (Å²) >= 11 is 0. The Morgan fingerprint density at radius 2 is 1.57 bits per heavy atom. The third-order valence-corrected chi connectivity index (χ3v) is 6.84. The fourth-order valence-electron chi connectivity index (χ4n) is 4.77. The topological polar surface area (TPSA) is 76.5 Å². The first-order chi connectivity index (χ1) is 20.1. The number of ether oxygens (including phenoxy) is 1. The molecule has 0 unspecified atom stereocenters. The molecule has 0 saturated carbocycles. The predicted molar refractivity (Wildman–Crippen MR) is 164 cm³/mol. The minimum absolute atomic E-state index is 0.217. The Morgan fingerprint density at radius 1 is 0.881 bits per heavy atom. The molecule has 0 radical (unpaired) electrons. The average molecular weight is 563 g/mol. The lowest BCUT2D eigenvalue weighted by Crippen LogP contribution is -2.12. The van der Waals surface area contributed by atoms with Gasteiger partial charge in [0.25, 0.3) is 5.91 Å². The van der Waals surface area contributed by atoms with Crippen LogP contribution in [0.5, 0.6) is 5.88 Å². The zero-order valence-corrected chi connectivity index (χ0v) is 24.1. The second-order valence-corrected chi connectivity index (χ2v) is 10.3. The van der Waals surface area contributed by atoms with E-state index in [-0.39, 0.29) is 11.4 Å². The van der Waals surface area contributed by atoms with Gasteiger partial charge in [0.2, 0.25) is 5.88 Å². The van der Waals surface area contributed by atoms with Crippen LogP contribution in [0.1, 0.15) is 28.4 Å². The first kappa shape index (κ1) is 28.3. The predicted octanol–water partition coefficient (Wildman–Crippen LogP) is 7.21. The quantitative estimate of drug-likeness (QED) is 0.212. The van der Waals surface area contributed by atoms with Gasteiger partial charge < -0.3 is 15.0 Å². The lowest BCUT2D eigenvalue weighted by molar-refractivity contribution is -0.132. The summed E-state index contributed by atoms with van der Waals surface area (Å²) in [6, 6.07) is 26.6. The second-order valence-electron chi connectivity index (χ2n) is 10.3. The van der Waals surface area contributed by atoms with E-state index in [9.17, 15) is 14.0 Å². The Morgan fingerprint density at radius 3 is 2.19 bits per heavy atom. The SMILES string of the molecule is CC(=O)Oc1c(-c2ccc(NC(=O)c3cccc(F)c3)cc2)c(-c2ccc(N(C)C)cc2)nn1-c1ccc(C)cc1C. The van der Waals surface area contributed by atoms with E-state index >= 15 is 0 Å². The lowest BCUT2D eigenvalue weighted by Gasteiger charge is -2.13. The molecule has 1 heterocycles. The van der Waals surface area contributed by atoms with Crippen LogP contribution in [0.25, 0.3) is 28.1 Å². The number of aromatic nitrogens is 2. The van der Waals surface area contributed by atoms with Crippen LogP contribution in [0.4, 0.5) is 15.8 Å². The minimum Gasteiger partial charge on any atom is -0.407 e. The molecule has 7 nitrogen and oxygen atoms in total. The van der Waals surface area contributed by atoms with E-state index < -0.39 is 17.7 Å². The van der Waals surface area contributed by atoms with Gasteiger partial charge in [0.05, 0.1) is 11.3 Å². The largest absolute Gasteiger partial charge is 0.407 e. The fourth-order valence-corrected chi connectivity index (χ4v) is 4.77. The molecular formula is C34H31FN4O3. The highest BCUT2D eigenvalue weighted by Gasteiger charge is 2.25. The molecule has 1 amide bonds. The summed E-state index contributed by atoms with van der Waals surface area (Å²) in [6.07, 6.45) is 0. The van der Waals surface area contributed by atoms with Crippen molar-refractivity contribution in [3.05, 3.63) is 114 Å². The molecule has 4 aromatic carbocycles. The number of hydrogen-bond donors (Lipinski definition) is 1. The van der Waals surface area contributed by atoms with E-state index in [1.165, 1.54) is 25.1 Å². The fraction of sp³-hybridized carbons (Fsp3) is 0.147. The molecule has 8 heteroatoms. The van der Waals surface area contributed by atoms with Gasteiger partial charge in [0, 0.05) is 43.5 Å². The maximum Gasteiger partial charge on any atom is 0.309 e. The standard InChI is InChI=1S/C34H31FN4O3/c1-21-9-18-30(22(2)19-21)39-34(42-23(3)40)31(32(37-39)25-12-16-29(17-13-25)38(4)5)24-10-14-28(15-11-24)36-33(41)26-7-6-8-27(35)20-26/h6-20H,1-5H3,(H,36,41). The normalized spacial score (nSPS) is 10.8. The van der Waals surface area contributed by atoms with Crippen molar-refractivity contribution in [1.82, 2.24) is 9.78 Å². The van der Waals surface area contributed by atoms with E-state index in [1.54, 1.807) is 22.9 Å². The van der Waals surface area contributed by atoms with Crippen molar-refractivity contribution in [1.29, 1.82) is 0 Å². The number of hydrogen-bond acceptors (Lipinski definition) is 5. The number of nitrogens with one attached hydrogen (secondary N) is 1. The van der Waals surface area contributed by atoms with Gasteiger partial charge in [-0.05, 0) is 73.5 Å². The van der Waals surface area contributed by atoms with Crippen LogP contribution in [-0.4, -0.2) is 35.8 Å². The van der Waals surface area contributed by atoms with Gasteiger partial charge in [0.15, 0.2) is 0 Å². The average Bonchev–Trinajstić information content (AvgIpc) is 3.31. The van der Waals surface area contributed by atoms with Crippen LogP contribution in [0.3, 0.4) is 0 Å². The Bertz CT molecular complexity index is 1770. The van der Waals surface area contributed by atoms with Crippen molar-refractivity contribution in [3.8, 4) is 34.0 Å². The number of nitrogens with zero attached hydrogens (tertiary/aromatic N) is 3. The van der Waals surface area contributed by atoms with Crippen LogP contribution in [-0.2, 0) is 4.79 Å². The Kier molecular flexibility index (Phi) is 7.88. The molecule has 0 aliphatic rings. The highest BCUT2D eigenvalue weighted by molar-refractivity contribution is 6.04. The van der Waals surface area contributed by atoms with Crippen LogP contribution in [0.2, 0.25) is 0 Å². The molecule has 1 N–H and O–H groups in total. The maximum absolute atomic E-state index is 13.6.